The molecule has 0 fully saturated rings. The molecule has 0 aliphatic carbocycles. The van der Waals surface area contributed by atoms with Crippen LogP contribution < -0.4 is 0 Å². The van der Waals surface area contributed by atoms with E-state index in [0.717, 1.165) is 30.5 Å². The number of aromatic nitrogens is 3. The molecule has 22 heavy (non-hydrogen) atoms. The second kappa shape index (κ2) is 5.55. The van der Waals surface area contributed by atoms with Gasteiger partial charge in [-0.25, -0.2) is 5.10 Å². The van der Waals surface area contributed by atoms with E-state index in [1.165, 1.54) is 0 Å². The number of H-pyrrole nitrogens is 1. The lowest BCUT2D eigenvalue weighted by Crippen LogP contribution is -2.12. The largest absolute Gasteiger partial charge is 0.453 e. The highest BCUT2D eigenvalue weighted by Gasteiger charge is 2.37. The fourth-order valence-electron chi connectivity index (χ4n) is 1.46. The maximum atomic E-state index is 12.6. The summed E-state index contributed by atoms with van der Waals surface area (Å²) in [5, 5.41) is 8.43. The summed E-state index contributed by atoms with van der Waals surface area (Å²) in [6.45, 7) is 0. The molecule has 0 aliphatic rings. The predicted octanol–water partition coefficient (Wildman–Crippen LogP) is 3.86. The van der Waals surface area contributed by atoms with Crippen LogP contribution in [0.3, 0.4) is 0 Å². The molecule has 1 aromatic carbocycles. The third kappa shape index (κ3) is 3.53. The highest BCUT2D eigenvalue weighted by molar-refractivity contribution is 7.71. The van der Waals surface area contributed by atoms with E-state index in [1.807, 2.05) is 5.10 Å². The molecule has 1 aromatic heterocycles. The van der Waals surface area contributed by atoms with Crippen LogP contribution in [-0.2, 0) is 12.4 Å². The van der Waals surface area contributed by atoms with E-state index in [9.17, 15) is 26.3 Å². The number of halogens is 6. The number of benzene rings is 1. The van der Waals surface area contributed by atoms with Gasteiger partial charge in [0, 0.05) is 0 Å². The fourth-order valence-corrected chi connectivity index (χ4v) is 1.64. The molecular formula is C11H6F6N4S. The van der Waals surface area contributed by atoms with Gasteiger partial charge in [-0.05, 0) is 29.9 Å². The predicted molar refractivity (Wildman–Crippen MR) is 66.8 cm³/mol. The number of rotatable bonds is 2. The maximum Gasteiger partial charge on any atom is 0.453 e. The summed E-state index contributed by atoms with van der Waals surface area (Å²) in [6.07, 6.45) is -8.32. The summed E-state index contributed by atoms with van der Waals surface area (Å²) >= 11 is 4.61. The van der Waals surface area contributed by atoms with Crippen LogP contribution in [-0.4, -0.2) is 21.1 Å². The van der Waals surface area contributed by atoms with E-state index in [0.29, 0.717) is 4.68 Å². The Morgan fingerprint density at radius 2 is 1.64 bits per heavy atom. The van der Waals surface area contributed by atoms with Gasteiger partial charge in [-0.3, -0.25) is 0 Å². The molecule has 0 spiro atoms. The van der Waals surface area contributed by atoms with Crippen molar-refractivity contribution in [3.63, 3.8) is 0 Å². The lowest BCUT2D eigenvalue weighted by molar-refractivity contribution is -0.147. The van der Waals surface area contributed by atoms with Gasteiger partial charge in [-0.2, -0.15) is 36.1 Å². The molecule has 0 radical (unpaired) electrons. The van der Waals surface area contributed by atoms with Crippen LogP contribution >= 0.6 is 12.2 Å². The lowest BCUT2D eigenvalue weighted by atomic mass is 10.1. The summed E-state index contributed by atoms with van der Waals surface area (Å²) in [4.78, 5) is 0. The van der Waals surface area contributed by atoms with Crippen LogP contribution in [0.5, 0.6) is 0 Å². The van der Waals surface area contributed by atoms with Crippen LogP contribution in [0, 0.1) is 4.77 Å². The van der Waals surface area contributed by atoms with Gasteiger partial charge in [0.25, 0.3) is 5.82 Å². The van der Waals surface area contributed by atoms with E-state index in [1.54, 1.807) is 0 Å². The molecule has 2 aromatic rings. The zero-order valence-corrected chi connectivity index (χ0v) is 11.2. The Morgan fingerprint density at radius 1 is 1.05 bits per heavy atom. The molecule has 11 heteroatoms. The third-order valence-corrected chi connectivity index (χ3v) is 2.73. The van der Waals surface area contributed by atoms with Crippen LogP contribution in [0.25, 0.3) is 0 Å². The molecule has 0 saturated heterocycles. The van der Waals surface area contributed by atoms with Crippen LogP contribution in [0.2, 0.25) is 0 Å². The number of hydrogen-bond donors (Lipinski definition) is 1. The smallest absolute Gasteiger partial charge is 0.250 e. The highest BCUT2D eigenvalue weighted by Crippen LogP contribution is 2.29. The first-order valence-electron chi connectivity index (χ1n) is 5.55. The number of aromatic amines is 1. The molecule has 1 N–H and O–H groups in total. The van der Waals surface area contributed by atoms with E-state index < -0.39 is 28.5 Å². The van der Waals surface area contributed by atoms with Gasteiger partial charge in [-0.1, -0.05) is 12.1 Å². The standard InChI is InChI=1S/C11H6F6N4S/c12-10(13,14)7-3-1-6(2-4-7)5-18-21-8(11(15,16)17)19-20-9(21)22/h1-5H,(H,20,22)/b18-5-. The van der Waals surface area contributed by atoms with Crippen molar-refractivity contribution >= 4 is 18.4 Å². The second-order valence-corrected chi connectivity index (χ2v) is 4.41. The molecule has 0 unspecified atom stereocenters. The summed E-state index contributed by atoms with van der Waals surface area (Å²) in [5.74, 6) is -1.36. The highest BCUT2D eigenvalue weighted by atomic mass is 32.1. The van der Waals surface area contributed by atoms with E-state index in [-0.39, 0.29) is 5.56 Å². The average molecular weight is 340 g/mol. The Kier molecular flexibility index (Phi) is 4.09. The molecule has 0 saturated carbocycles. The van der Waals surface area contributed by atoms with Gasteiger partial charge in [0.1, 0.15) is 0 Å². The van der Waals surface area contributed by atoms with E-state index >= 15 is 0 Å². The summed E-state index contributed by atoms with van der Waals surface area (Å²) in [5.41, 5.74) is -0.704. The van der Waals surface area contributed by atoms with Gasteiger partial charge >= 0.3 is 12.4 Å². The van der Waals surface area contributed by atoms with Crippen molar-refractivity contribution in [2.24, 2.45) is 5.10 Å². The maximum absolute atomic E-state index is 12.6. The van der Waals surface area contributed by atoms with Crippen molar-refractivity contribution in [2.45, 2.75) is 12.4 Å². The van der Waals surface area contributed by atoms with Gasteiger partial charge < -0.3 is 0 Å². The molecular weight excluding hydrogens is 334 g/mol. The van der Waals surface area contributed by atoms with Gasteiger partial charge in [0.2, 0.25) is 4.77 Å². The van der Waals surface area contributed by atoms with Crippen molar-refractivity contribution in [1.82, 2.24) is 14.9 Å². The zero-order chi connectivity index (χ0) is 16.5. The fraction of sp³-hybridized carbons (Fsp3) is 0.182. The minimum Gasteiger partial charge on any atom is -0.250 e. The van der Waals surface area contributed by atoms with Gasteiger partial charge in [0.05, 0.1) is 11.8 Å². The molecule has 1 heterocycles. The average Bonchev–Trinajstić information content (AvgIpc) is 2.77. The normalized spacial score (nSPS) is 13.0. The number of alkyl halides is 6. The molecule has 118 valence electrons. The molecule has 4 nitrogen and oxygen atoms in total. The number of hydrogen-bond acceptors (Lipinski definition) is 3. The van der Waals surface area contributed by atoms with Crippen molar-refractivity contribution in [2.75, 3.05) is 0 Å². The Labute approximate surface area is 124 Å². The first-order chi connectivity index (χ1) is 10.1. The summed E-state index contributed by atoms with van der Waals surface area (Å²) < 4.78 is 74.9. The molecule has 2 rings (SSSR count). The zero-order valence-electron chi connectivity index (χ0n) is 10.4. The van der Waals surface area contributed by atoms with E-state index in [2.05, 4.69) is 22.4 Å². The van der Waals surface area contributed by atoms with Crippen LogP contribution in [0.1, 0.15) is 17.0 Å². The second-order valence-electron chi connectivity index (χ2n) is 4.03. The first kappa shape index (κ1) is 16.2. The minimum absolute atomic E-state index is 0.171. The van der Waals surface area contributed by atoms with E-state index in [4.69, 9.17) is 0 Å². The van der Waals surface area contributed by atoms with Crippen LogP contribution in [0.15, 0.2) is 29.4 Å². The van der Waals surface area contributed by atoms with Gasteiger partial charge in [0.15, 0.2) is 0 Å². The SMILES string of the molecule is FC(F)(F)c1ccc(/C=N\n2c(C(F)(F)F)n[nH]c2=S)cc1. The van der Waals surface area contributed by atoms with Crippen LogP contribution in [0.4, 0.5) is 26.3 Å². The topological polar surface area (TPSA) is 46.0 Å². The number of nitrogens with one attached hydrogen (secondary N) is 1. The Morgan fingerprint density at radius 3 is 2.14 bits per heavy atom. The summed E-state index contributed by atoms with van der Waals surface area (Å²) in [7, 11) is 0. The van der Waals surface area contributed by atoms with Crippen molar-refractivity contribution < 1.29 is 26.3 Å². The Hall–Kier alpha value is -2.17. The molecule has 0 amide bonds. The van der Waals surface area contributed by atoms with Gasteiger partial charge in [-0.15, -0.1) is 5.10 Å². The molecule has 0 aliphatic heterocycles. The lowest BCUT2D eigenvalue weighted by Gasteiger charge is -2.06. The van der Waals surface area contributed by atoms with Crippen molar-refractivity contribution in [3.8, 4) is 0 Å². The summed E-state index contributed by atoms with van der Waals surface area (Å²) in [6, 6.07) is 3.73. The minimum atomic E-state index is -4.77. The monoisotopic (exact) mass is 340 g/mol. The number of nitrogens with zero attached hydrogens (tertiary/aromatic N) is 3. The molecule has 0 atom stereocenters. The Balaban J connectivity index is 2.30. The molecule has 0 bridgehead atoms. The van der Waals surface area contributed by atoms with Crippen molar-refractivity contribution in [1.29, 1.82) is 0 Å². The quantitative estimate of drug-likeness (QED) is 0.513. The van der Waals surface area contributed by atoms with Crippen molar-refractivity contribution in [3.05, 3.63) is 46.0 Å². The third-order valence-electron chi connectivity index (χ3n) is 2.46. The first-order valence-corrected chi connectivity index (χ1v) is 5.96. The Bertz CT molecular complexity index is 738.